The molecule has 0 spiro atoms. The van der Waals surface area contributed by atoms with Gasteiger partial charge in [-0.25, -0.2) is 0 Å². The van der Waals surface area contributed by atoms with Crippen LogP contribution in [0.25, 0.3) is 0 Å². The number of rotatable bonds is 4. The van der Waals surface area contributed by atoms with E-state index < -0.39 is 4.92 Å². The zero-order valence-corrected chi connectivity index (χ0v) is 9.95. The van der Waals surface area contributed by atoms with Crippen LogP contribution in [0.1, 0.15) is 13.8 Å². The summed E-state index contributed by atoms with van der Waals surface area (Å²) in [5.41, 5.74) is 0.324. The number of benzene rings is 1. The van der Waals surface area contributed by atoms with E-state index in [0.717, 1.165) is 0 Å². The van der Waals surface area contributed by atoms with E-state index in [4.69, 9.17) is 0 Å². The smallest absolute Gasteiger partial charge is 0.271 e. The lowest BCUT2D eigenvalue weighted by Crippen LogP contribution is -2.01. The maximum atomic E-state index is 11.2. The number of aliphatic imine (C=N–C) groups is 1. The van der Waals surface area contributed by atoms with E-state index in [1.807, 2.05) is 0 Å². The number of hydrogen-bond donors (Lipinski definition) is 1. The Bertz CT molecular complexity index is 543. The summed E-state index contributed by atoms with van der Waals surface area (Å²) >= 11 is 0. The number of allylic oxidation sites excluding steroid dienone is 2. The molecule has 0 aromatic heterocycles. The van der Waals surface area contributed by atoms with Gasteiger partial charge in [-0.05, 0) is 19.9 Å². The summed E-state index contributed by atoms with van der Waals surface area (Å²) in [5.74, 6) is -0.471. The maximum absolute atomic E-state index is 11.2. The number of nitro benzene ring substituents is 1. The van der Waals surface area contributed by atoms with Gasteiger partial charge in [0.15, 0.2) is 5.78 Å². The minimum absolute atomic E-state index is 0.0708. The van der Waals surface area contributed by atoms with Crippen molar-refractivity contribution in [1.82, 2.24) is 0 Å². The van der Waals surface area contributed by atoms with Gasteiger partial charge in [0, 0.05) is 18.3 Å². The Morgan fingerprint density at radius 2 is 2.11 bits per heavy atom. The van der Waals surface area contributed by atoms with Crippen LogP contribution < -0.4 is 0 Å². The average Bonchev–Trinajstić information content (AvgIpc) is 2.28. The summed E-state index contributed by atoms with van der Waals surface area (Å²) in [4.78, 5) is 25.1. The number of carbonyl (C=O) groups excluding carboxylic acids is 1. The fourth-order valence-corrected chi connectivity index (χ4v) is 1.27. The van der Waals surface area contributed by atoms with Gasteiger partial charge in [0.25, 0.3) is 5.69 Å². The Balaban J connectivity index is 3.04. The molecule has 0 saturated carbocycles. The first-order valence-corrected chi connectivity index (χ1v) is 5.11. The van der Waals surface area contributed by atoms with Crippen molar-refractivity contribution in [2.75, 3.05) is 0 Å². The topological polar surface area (TPSA) is 92.8 Å². The van der Waals surface area contributed by atoms with Crippen molar-refractivity contribution < 1.29 is 14.8 Å². The summed E-state index contributed by atoms with van der Waals surface area (Å²) in [5, 5.41) is 19.8. The Kier molecular flexibility index (Phi) is 4.31. The van der Waals surface area contributed by atoms with E-state index in [0.29, 0.717) is 5.69 Å². The Morgan fingerprint density at radius 3 is 2.61 bits per heavy atom. The maximum Gasteiger partial charge on any atom is 0.271 e. The molecule has 6 nitrogen and oxygen atoms in total. The van der Waals surface area contributed by atoms with Crippen molar-refractivity contribution in [3.05, 3.63) is 45.7 Å². The van der Waals surface area contributed by atoms with E-state index in [2.05, 4.69) is 4.99 Å². The molecular formula is C12H12N2O4. The van der Waals surface area contributed by atoms with Gasteiger partial charge in [-0.3, -0.25) is 19.9 Å². The third kappa shape index (κ3) is 3.51. The number of Topliss-reactive ketones (excluding diaryl/α,β-unsaturated/α-hetero) is 1. The molecule has 0 atom stereocenters. The van der Waals surface area contributed by atoms with E-state index in [1.54, 1.807) is 6.07 Å². The molecular weight excluding hydrogens is 236 g/mol. The van der Waals surface area contributed by atoms with E-state index in [1.165, 1.54) is 38.3 Å². The molecule has 0 amide bonds. The molecule has 18 heavy (non-hydrogen) atoms. The highest BCUT2D eigenvalue weighted by molar-refractivity contribution is 6.12. The van der Waals surface area contributed by atoms with Crippen molar-refractivity contribution >= 4 is 23.4 Å². The van der Waals surface area contributed by atoms with Crippen LogP contribution in [0.4, 0.5) is 11.4 Å². The minimum Gasteiger partial charge on any atom is -0.512 e. The molecule has 1 aromatic carbocycles. The second-order valence-electron chi connectivity index (χ2n) is 3.59. The Labute approximate surface area is 103 Å². The Morgan fingerprint density at radius 1 is 1.44 bits per heavy atom. The first-order chi connectivity index (χ1) is 8.41. The molecule has 1 aromatic rings. The highest BCUT2D eigenvalue weighted by Gasteiger charge is 2.07. The second kappa shape index (κ2) is 5.72. The van der Waals surface area contributed by atoms with Gasteiger partial charge in [0.05, 0.1) is 16.2 Å². The third-order valence-electron chi connectivity index (χ3n) is 2.15. The van der Waals surface area contributed by atoms with Crippen LogP contribution in [0.5, 0.6) is 0 Å². The summed E-state index contributed by atoms with van der Waals surface area (Å²) in [7, 11) is 0. The van der Waals surface area contributed by atoms with E-state index in [9.17, 15) is 20.0 Å². The van der Waals surface area contributed by atoms with Gasteiger partial charge >= 0.3 is 0 Å². The molecule has 1 rings (SSSR count). The predicted molar refractivity (Wildman–Crippen MR) is 67.3 cm³/mol. The molecule has 0 aliphatic carbocycles. The zero-order valence-electron chi connectivity index (χ0n) is 9.95. The molecule has 0 heterocycles. The molecule has 0 unspecified atom stereocenters. The van der Waals surface area contributed by atoms with Crippen LogP contribution >= 0.6 is 0 Å². The average molecular weight is 248 g/mol. The quantitative estimate of drug-likeness (QED) is 0.291. The van der Waals surface area contributed by atoms with E-state index in [-0.39, 0.29) is 22.8 Å². The first-order valence-electron chi connectivity index (χ1n) is 5.11. The number of aliphatic hydroxyl groups excluding tert-OH is 1. The monoisotopic (exact) mass is 248 g/mol. The second-order valence-corrected chi connectivity index (χ2v) is 3.59. The molecule has 6 heteroatoms. The van der Waals surface area contributed by atoms with Gasteiger partial charge in [-0.2, -0.15) is 0 Å². The molecule has 0 saturated heterocycles. The lowest BCUT2D eigenvalue weighted by atomic mass is 10.2. The fraction of sp³-hybridized carbons (Fsp3) is 0.167. The molecule has 0 aliphatic heterocycles. The number of non-ortho nitro benzene ring substituents is 1. The van der Waals surface area contributed by atoms with Gasteiger partial charge in [0.2, 0.25) is 0 Å². The number of ketones is 1. The van der Waals surface area contributed by atoms with Crippen LogP contribution in [0.15, 0.2) is 40.6 Å². The lowest BCUT2D eigenvalue weighted by Gasteiger charge is -1.98. The number of nitro groups is 1. The summed E-state index contributed by atoms with van der Waals surface area (Å²) in [6, 6.07) is 5.68. The van der Waals surface area contributed by atoms with Crippen molar-refractivity contribution in [2.24, 2.45) is 4.99 Å². The van der Waals surface area contributed by atoms with Gasteiger partial charge in [-0.15, -0.1) is 0 Å². The summed E-state index contributed by atoms with van der Waals surface area (Å²) in [6.07, 6.45) is 1.19. The van der Waals surface area contributed by atoms with Crippen molar-refractivity contribution in [1.29, 1.82) is 0 Å². The number of nitrogens with zero attached hydrogens (tertiary/aromatic N) is 2. The van der Waals surface area contributed by atoms with Crippen molar-refractivity contribution in [2.45, 2.75) is 13.8 Å². The van der Waals surface area contributed by atoms with Crippen LogP contribution in [0, 0.1) is 10.1 Å². The largest absolute Gasteiger partial charge is 0.512 e. The lowest BCUT2D eigenvalue weighted by molar-refractivity contribution is -0.384. The van der Waals surface area contributed by atoms with E-state index >= 15 is 0 Å². The SMILES string of the molecule is CC(=O)/C(C=Nc1cccc([N+](=O)[O-])c1)=C(/C)O. The van der Waals surface area contributed by atoms with Crippen LogP contribution in [-0.2, 0) is 4.79 Å². The fourth-order valence-electron chi connectivity index (χ4n) is 1.27. The van der Waals surface area contributed by atoms with Crippen molar-refractivity contribution in [3.63, 3.8) is 0 Å². The zero-order chi connectivity index (χ0) is 13.7. The normalized spacial score (nSPS) is 12.3. The van der Waals surface area contributed by atoms with Gasteiger partial charge in [0.1, 0.15) is 5.76 Å². The summed E-state index contributed by atoms with van der Waals surface area (Å²) in [6.45, 7) is 2.67. The summed E-state index contributed by atoms with van der Waals surface area (Å²) < 4.78 is 0. The van der Waals surface area contributed by atoms with Gasteiger partial charge in [-0.1, -0.05) is 6.07 Å². The number of hydrogen-bond acceptors (Lipinski definition) is 5. The van der Waals surface area contributed by atoms with Crippen LogP contribution in [-0.4, -0.2) is 22.0 Å². The molecule has 0 aliphatic rings. The standard InChI is InChI=1S/C12H12N2O4/c1-8(15)12(9(2)16)7-13-10-4-3-5-11(6-10)14(17)18/h3-7,15H,1-2H3/b12-8-,13-7?. The van der Waals surface area contributed by atoms with Gasteiger partial charge < -0.3 is 5.11 Å². The van der Waals surface area contributed by atoms with Crippen molar-refractivity contribution in [3.8, 4) is 0 Å². The minimum atomic E-state index is -0.530. The molecule has 94 valence electrons. The molecule has 1 N–H and O–H groups in total. The first kappa shape index (κ1) is 13.6. The number of aliphatic hydroxyl groups is 1. The molecule has 0 fully saturated rings. The molecule has 0 bridgehead atoms. The Hall–Kier alpha value is -2.50. The highest BCUT2D eigenvalue weighted by atomic mass is 16.6. The number of carbonyl (C=O) groups is 1. The third-order valence-corrected chi connectivity index (χ3v) is 2.15. The van der Waals surface area contributed by atoms with Crippen LogP contribution in [0.2, 0.25) is 0 Å². The predicted octanol–water partition coefficient (Wildman–Crippen LogP) is 2.72. The van der Waals surface area contributed by atoms with Crippen LogP contribution in [0.3, 0.4) is 0 Å². The highest BCUT2D eigenvalue weighted by Crippen LogP contribution is 2.19. The molecule has 0 radical (unpaired) electrons.